The molecule has 0 aromatic carbocycles. The molecular weight excluding hydrogens is 258 g/mol. The van der Waals surface area contributed by atoms with E-state index in [2.05, 4.69) is 16.6 Å². The van der Waals surface area contributed by atoms with E-state index >= 15 is 0 Å². The standard InChI is InChI=1S/C14H21N3OS/c1-17(2)13(18)11-5-6-12(15-9-11)16-10-14(19-3)7-4-8-14/h5-6,9H,4,7-8,10H2,1-3H3,(H,15,16). The quantitative estimate of drug-likeness (QED) is 0.899. The lowest BCUT2D eigenvalue weighted by molar-refractivity contribution is 0.0827. The maximum atomic E-state index is 11.7. The van der Waals surface area contributed by atoms with Crippen LogP contribution >= 0.6 is 11.8 Å². The summed E-state index contributed by atoms with van der Waals surface area (Å²) < 4.78 is 0.389. The van der Waals surface area contributed by atoms with E-state index in [0.717, 1.165) is 12.4 Å². The van der Waals surface area contributed by atoms with E-state index in [9.17, 15) is 4.79 Å². The number of carbonyl (C=O) groups is 1. The van der Waals surface area contributed by atoms with Gasteiger partial charge in [0.2, 0.25) is 0 Å². The van der Waals surface area contributed by atoms with Gasteiger partial charge in [0.15, 0.2) is 0 Å². The summed E-state index contributed by atoms with van der Waals surface area (Å²) in [6.07, 6.45) is 7.69. The molecule has 5 heteroatoms. The molecule has 104 valence electrons. The monoisotopic (exact) mass is 279 g/mol. The minimum atomic E-state index is -0.0152. The van der Waals surface area contributed by atoms with Crippen LogP contribution in [0.4, 0.5) is 5.82 Å². The SMILES string of the molecule is CSC1(CNc2ccc(C(=O)N(C)C)cn2)CCC1. The van der Waals surface area contributed by atoms with Crippen LogP contribution in [0.15, 0.2) is 18.3 Å². The molecule has 1 aliphatic carbocycles. The van der Waals surface area contributed by atoms with Crippen molar-refractivity contribution in [3.8, 4) is 0 Å². The van der Waals surface area contributed by atoms with Crippen molar-refractivity contribution in [1.82, 2.24) is 9.88 Å². The zero-order valence-electron chi connectivity index (χ0n) is 11.8. The molecule has 0 radical (unpaired) electrons. The molecule has 1 aliphatic rings. The first kappa shape index (κ1) is 14.2. The van der Waals surface area contributed by atoms with Crippen molar-refractivity contribution in [2.24, 2.45) is 0 Å². The molecule has 1 heterocycles. The van der Waals surface area contributed by atoms with E-state index in [4.69, 9.17) is 0 Å². The largest absolute Gasteiger partial charge is 0.369 e. The number of pyridine rings is 1. The van der Waals surface area contributed by atoms with Crippen LogP contribution in [-0.2, 0) is 0 Å². The lowest BCUT2D eigenvalue weighted by Crippen LogP contribution is -2.40. The van der Waals surface area contributed by atoms with E-state index in [1.165, 1.54) is 19.3 Å². The van der Waals surface area contributed by atoms with Gasteiger partial charge in [-0.3, -0.25) is 4.79 Å². The van der Waals surface area contributed by atoms with Gasteiger partial charge in [-0.05, 0) is 31.2 Å². The molecule has 1 aromatic rings. The number of hydrogen-bond donors (Lipinski definition) is 1. The third-order valence-corrected chi connectivity index (χ3v) is 5.12. The maximum absolute atomic E-state index is 11.7. The second kappa shape index (κ2) is 5.82. The second-order valence-corrected chi connectivity index (χ2v) is 6.50. The minimum absolute atomic E-state index is 0.0152. The Labute approximate surface area is 119 Å². The van der Waals surface area contributed by atoms with Crippen molar-refractivity contribution < 1.29 is 4.79 Å². The van der Waals surface area contributed by atoms with Crippen LogP contribution in [0.25, 0.3) is 0 Å². The summed E-state index contributed by atoms with van der Waals surface area (Å²) in [5.74, 6) is 0.828. The molecule has 0 spiro atoms. The average Bonchev–Trinajstić information content (AvgIpc) is 2.38. The van der Waals surface area contributed by atoms with Gasteiger partial charge >= 0.3 is 0 Å². The summed E-state index contributed by atoms with van der Waals surface area (Å²) in [7, 11) is 3.49. The topological polar surface area (TPSA) is 45.2 Å². The molecule has 0 unspecified atom stereocenters. The van der Waals surface area contributed by atoms with Gasteiger partial charge in [0.05, 0.1) is 5.56 Å². The zero-order valence-corrected chi connectivity index (χ0v) is 12.6. The van der Waals surface area contributed by atoms with Crippen molar-refractivity contribution in [2.45, 2.75) is 24.0 Å². The van der Waals surface area contributed by atoms with E-state index in [1.54, 1.807) is 25.2 Å². The van der Waals surface area contributed by atoms with Crippen LogP contribution in [0.3, 0.4) is 0 Å². The highest BCUT2D eigenvalue weighted by Gasteiger charge is 2.35. The molecule has 19 heavy (non-hydrogen) atoms. The van der Waals surface area contributed by atoms with Gasteiger partial charge in [-0.25, -0.2) is 4.98 Å². The van der Waals surface area contributed by atoms with Gasteiger partial charge < -0.3 is 10.2 Å². The summed E-state index contributed by atoms with van der Waals surface area (Å²) in [6, 6.07) is 3.70. The van der Waals surface area contributed by atoms with E-state index in [1.807, 2.05) is 23.9 Å². The number of nitrogens with one attached hydrogen (secondary N) is 1. The van der Waals surface area contributed by atoms with Crippen molar-refractivity contribution in [1.29, 1.82) is 0 Å². The maximum Gasteiger partial charge on any atom is 0.254 e. The third kappa shape index (κ3) is 3.21. The molecular formula is C14H21N3OS. The number of rotatable bonds is 5. The van der Waals surface area contributed by atoms with Crippen LogP contribution in [0.2, 0.25) is 0 Å². The molecule has 2 rings (SSSR count). The third-order valence-electron chi connectivity index (χ3n) is 3.71. The summed E-state index contributed by atoms with van der Waals surface area (Å²) in [6.45, 7) is 0.947. The first-order chi connectivity index (χ1) is 9.06. The Bertz CT molecular complexity index is 435. The Morgan fingerprint density at radius 3 is 2.63 bits per heavy atom. The Kier molecular flexibility index (Phi) is 4.34. The van der Waals surface area contributed by atoms with Crippen LogP contribution in [0.5, 0.6) is 0 Å². The number of anilines is 1. The molecule has 1 N–H and O–H groups in total. The molecule has 0 atom stereocenters. The predicted molar refractivity (Wildman–Crippen MR) is 80.8 cm³/mol. The summed E-state index contributed by atoms with van der Waals surface area (Å²) in [5.41, 5.74) is 0.624. The highest BCUT2D eigenvalue weighted by molar-refractivity contribution is 8.00. The first-order valence-corrected chi connectivity index (χ1v) is 7.75. The lowest BCUT2D eigenvalue weighted by Gasteiger charge is -2.40. The number of aromatic nitrogens is 1. The highest BCUT2D eigenvalue weighted by Crippen LogP contribution is 2.42. The van der Waals surface area contributed by atoms with Crippen molar-refractivity contribution >= 4 is 23.5 Å². The lowest BCUT2D eigenvalue weighted by atomic mass is 9.84. The highest BCUT2D eigenvalue weighted by atomic mass is 32.2. The minimum Gasteiger partial charge on any atom is -0.369 e. The van der Waals surface area contributed by atoms with Crippen LogP contribution < -0.4 is 5.32 Å². The molecule has 1 saturated carbocycles. The Morgan fingerprint density at radius 1 is 1.47 bits per heavy atom. The zero-order chi connectivity index (χ0) is 13.9. The normalized spacial score (nSPS) is 16.6. The molecule has 0 aliphatic heterocycles. The Morgan fingerprint density at radius 2 is 2.21 bits per heavy atom. The van der Waals surface area contributed by atoms with Gasteiger partial charge in [-0.2, -0.15) is 11.8 Å². The number of carbonyl (C=O) groups excluding carboxylic acids is 1. The fraction of sp³-hybridized carbons (Fsp3) is 0.571. The van der Waals surface area contributed by atoms with Gasteiger partial charge in [-0.1, -0.05) is 6.42 Å². The predicted octanol–water partition coefficient (Wildman–Crippen LogP) is 2.48. The number of thioether (sulfide) groups is 1. The second-order valence-electron chi connectivity index (χ2n) is 5.23. The van der Waals surface area contributed by atoms with E-state index in [0.29, 0.717) is 10.3 Å². The van der Waals surface area contributed by atoms with E-state index in [-0.39, 0.29) is 5.91 Å². The van der Waals surface area contributed by atoms with Crippen LogP contribution in [0.1, 0.15) is 29.6 Å². The smallest absolute Gasteiger partial charge is 0.254 e. The Hall–Kier alpha value is -1.23. The van der Waals surface area contributed by atoms with Crippen molar-refractivity contribution in [3.63, 3.8) is 0 Å². The molecule has 1 aromatic heterocycles. The number of nitrogens with zero attached hydrogens (tertiary/aromatic N) is 2. The van der Waals surface area contributed by atoms with Crippen molar-refractivity contribution in [3.05, 3.63) is 23.9 Å². The molecule has 1 fully saturated rings. The first-order valence-electron chi connectivity index (χ1n) is 6.53. The van der Waals surface area contributed by atoms with E-state index < -0.39 is 0 Å². The number of amides is 1. The average molecular weight is 279 g/mol. The Balaban J connectivity index is 1.93. The molecule has 1 amide bonds. The van der Waals surface area contributed by atoms with Crippen molar-refractivity contribution in [2.75, 3.05) is 32.2 Å². The molecule has 0 saturated heterocycles. The fourth-order valence-corrected chi connectivity index (χ4v) is 3.07. The fourth-order valence-electron chi connectivity index (χ4n) is 2.16. The number of hydrogen-bond acceptors (Lipinski definition) is 4. The van der Waals surface area contributed by atoms with Crippen LogP contribution in [0, 0.1) is 0 Å². The van der Waals surface area contributed by atoms with Crippen LogP contribution in [-0.4, -0.2) is 47.4 Å². The van der Waals surface area contributed by atoms with Gasteiger partial charge in [0.1, 0.15) is 5.82 Å². The van der Waals surface area contributed by atoms with Gasteiger partial charge in [-0.15, -0.1) is 0 Å². The molecule has 4 nitrogen and oxygen atoms in total. The van der Waals surface area contributed by atoms with Gasteiger partial charge in [0, 0.05) is 31.6 Å². The van der Waals surface area contributed by atoms with Gasteiger partial charge in [0.25, 0.3) is 5.91 Å². The summed E-state index contributed by atoms with van der Waals surface area (Å²) in [4.78, 5) is 17.6. The molecule has 0 bridgehead atoms. The summed E-state index contributed by atoms with van der Waals surface area (Å²) >= 11 is 1.94. The summed E-state index contributed by atoms with van der Waals surface area (Å²) in [5, 5.41) is 3.38.